The summed E-state index contributed by atoms with van der Waals surface area (Å²) in [4.78, 5) is 11.8. The topological polar surface area (TPSA) is 26.3 Å². The average Bonchev–Trinajstić information content (AvgIpc) is 2.60. The van der Waals surface area contributed by atoms with E-state index in [0.29, 0.717) is 24.9 Å². The van der Waals surface area contributed by atoms with Gasteiger partial charge in [0.1, 0.15) is 0 Å². The highest BCUT2D eigenvalue weighted by molar-refractivity contribution is 5.74. The largest absolute Gasteiger partial charge is 0.464 e. The fourth-order valence-corrected chi connectivity index (χ4v) is 3.39. The average molecular weight is 373 g/mol. The minimum absolute atomic E-state index is 0.313. The Balaban J connectivity index is 3.91. The zero-order valence-corrected chi connectivity index (χ0v) is 18.0. The lowest BCUT2D eigenvalue weighted by atomic mass is 9.92. The number of alkyl halides is 1. The second kappa shape index (κ2) is 17.8. The molecule has 156 valence electrons. The lowest BCUT2D eigenvalue weighted by molar-refractivity contribution is -0.150. The Kier molecular flexibility index (Phi) is 17.4. The lowest BCUT2D eigenvalue weighted by Crippen LogP contribution is -2.20. The smallest absolute Gasteiger partial charge is 0.340 e. The maximum absolute atomic E-state index is 13.9. The standard InChI is InChI=1S/C23H45FO2/c1-5-7-10-15-21(16-11-8-6-2)18-19-26-23(25)22(24)17-13-9-12-14-20(3)4/h20-22H,5-19H2,1-4H3. The Bertz CT molecular complexity index is 307. The summed E-state index contributed by atoms with van der Waals surface area (Å²) in [7, 11) is 0. The van der Waals surface area contributed by atoms with Gasteiger partial charge in [-0.15, -0.1) is 0 Å². The predicted octanol–water partition coefficient (Wildman–Crippen LogP) is 7.64. The molecule has 0 aromatic carbocycles. The third kappa shape index (κ3) is 15.6. The number of carbonyl (C=O) groups excluding carboxylic acids is 1. The number of carbonyl (C=O) groups is 1. The summed E-state index contributed by atoms with van der Waals surface area (Å²) in [6, 6.07) is 0. The van der Waals surface area contributed by atoms with Gasteiger partial charge < -0.3 is 4.74 Å². The number of ether oxygens (including phenoxy) is 1. The second-order valence-electron chi connectivity index (χ2n) is 8.31. The summed E-state index contributed by atoms with van der Waals surface area (Å²) in [6.45, 7) is 9.23. The number of rotatable bonds is 18. The Morgan fingerprint density at radius 3 is 1.85 bits per heavy atom. The van der Waals surface area contributed by atoms with E-state index < -0.39 is 12.1 Å². The maximum Gasteiger partial charge on any atom is 0.340 e. The summed E-state index contributed by atoms with van der Waals surface area (Å²) in [6.07, 6.45) is 13.8. The molecule has 26 heavy (non-hydrogen) atoms. The number of hydrogen-bond acceptors (Lipinski definition) is 2. The molecule has 0 aromatic rings. The van der Waals surface area contributed by atoms with Gasteiger partial charge in [0.2, 0.25) is 0 Å². The van der Waals surface area contributed by atoms with Gasteiger partial charge in [0.15, 0.2) is 6.17 Å². The molecule has 0 radical (unpaired) electrons. The summed E-state index contributed by atoms with van der Waals surface area (Å²) >= 11 is 0. The molecule has 0 spiro atoms. The van der Waals surface area contributed by atoms with Crippen molar-refractivity contribution in [1.29, 1.82) is 0 Å². The van der Waals surface area contributed by atoms with Crippen LogP contribution in [-0.2, 0) is 9.53 Å². The van der Waals surface area contributed by atoms with Crippen LogP contribution >= 0.6 is 0 Å². The highest BCUT2D eigenvalue weighted by Crippen LogP contribution is 2.21. The van der Waals surface area contributed by atoms with Crippen LogP contribution in [-0.4, -0.2) is 18.7 Å². The zero-order valence-electron chi connectivity index (χ0n) is 18.0. The lowest BCUT2D eigenvalue weighted by Gasteiger charge is -2.17. The van der Waals surface area contributed by atoms with Crippen LogP contribution in [0.15, 0.2) is 0 Å². The molecule has 0 aliphatic carbocycles. The number of unbranched alkanes of at least 4 members (excludes halogenated alkanes) is 6. The first kappa shape index (κ1) is 25.4. The molecule has 0 rings (SSSR count). The third-order valence-corrected chi connectivity index (χ3v) is 5.20. The predicted molar refractivity (Wildman–Crippen MR) is 110 cm³/mol. The van der Waals surface area contributed by atoms with Crippen molar-refractivity contribution in [2.75, 3.05) is 6.61 Å². The Hall–Kier alpha value is -0.600. The van der Waals surface area contributed by atoms with Gasteiger partial charge in [-0.3, -0.25) is 0 Å². The Morgan fingerprint density at radius 1 is 0.769 bits per heavy atom. The van der Waals surface area contributed by atoms with Crippen LogP contribution in [0.4, 0.5) is 4.39 Å². The molecule has 0 bridgehead atoms. The van der Waals surface area contributed by atoms with Gasteiger partial charge in [0, 0.05) is 0 Å². The van der Waals surface area contributed by atoms with Gasteiger partial charge in [0.25, 0.3) is 0 Å². The molecule has 0 fully saturated rings. The van der Waals surface area contributed by atoms with E-state index in [4.69, 9.17) is 4.74 Å². The quantitative estimate of drug-likeness (QED) is 0.182. The van der Waals surface area contributed by atoms with E-state index in [1.54, 1.807) is 0 Å². The maximum atomic E-state index is 13.9. The van der Waals surface area contributed by atoms with Crippen LogP contribution in [0.5, 0.6) is 0 Å². The van der Waals surface area contributed by atoms with E-state index in [2.05, 4.69) is 27.7 Å². The van der Waals surface area contributed by atoms with Crippen molar-refractivity contribution in [3.05, 3.63) is 0 Å². The number of esters is 1. The van der Waals surface area contributed by atoms with E-state index in [1.807, 2.05) is 0 Å². The van der Waals surface area contributed by atoms with Crippen molar-refractivity contribution in [3.8, 4) is 0 Å². The van der Waals surface area contributed by atoms with Gasteiger partial charge >= 0.3 is 5.97 Å². The molecule has 0 saturated heterocycles. The van der Waals surface area contributed by atoms with Gasteiger partial charge in [0.05, 0.1) is 6.61 Å². The number of halogens is 1. The molecule has 2 nitrogen and oxygen atoms in total. The van der Waals surface area contributed by atoms with Crippen LogP contribution in [0.25, 0.3) is 0 Å². The first-order chi connectivity index (χ1) is 12.5. The van der Waals surface area contributed by atoms with Crippen LogP contribution < -0.4 is 0 Å². The third-order valence-electron chi connectivity index (χ3n) is 5.20. The molecule has 1 atom stereocenters. The normalized spacial score (nSPS) is 12.7. The number of hydrogen-bond donors (Lipinski definition) is 0. The summed E-state index contributed by atoms with van der Waals surface area (Å²) in [5, 5.41) is 0. The van der Waals surface area contributed by atoms with Gasteiger partial charge in [-0.1, -0.05) is 98.3 Å². The van der Waals surface area contributed by atoms with Crippen LogP contribution in [0.2, 0.25) is 0 Å². The Labute approximate surface area is 162 Å². The SMILES string of the molecule is CCCCCC(CCCCC)CCOC(=O)C(F)CCCCCC(C)C. The minimum Gasteiger partial charge on any atom is -0.464 e. The zero-order chi connectivity index (χ0) is 19.6. The Morgan fingerprint density at radius 2 is 1.31 bits per heavy atom. The van der Waals surface area contributed by atoms with E-state index in [-0.39, 0.29) is 0 Å². The van der Waals surface area contributed by atoms with E-state index in [0.717, 1.165) is 25.7 Å². The second-order valence-corrected chi connectivity index (χ2v) is 8.31. The first-order valence-corrected chi connectivity index (χ1v) is 11.3. The molecule has 0 aliphatic heterocycles. The fraction of sp³-hybridized carbons (Fsp3) is 0.957. The molecule has 0 amide bonds. The molecular weight excluding hydrogens is 327 g/mol. The highest BCUT2D eigenvalue weighted by atomic mass is 19.1. The molecular formula is C23H45FO2. The molecule has 0 saturated carbocycles. The minimum atomic E-state index is -1.44. The van der Waals surface area contributed by atoms with E-state index in [9.17, 15) is 9.18 Å². The summed E-state index contributed by atoms with van der Waals surface area (Å²) in [5.74, 6) is 0.674. The molecule has 1 unspecified atom stereocenters. The van der Waals surface area contributed by atoms with Crippen molar-refractivity contribution in [2.45, 2.75) is 124 Å². The highest BCUT2D eigenvalue weighted by Gasteiger charge is 2.19. The van der Waals surface area contributed by atoms with Crippen molar-refractivity contribution in [2.24, 2.45) is 11.8 Å². The molecule has 0 heterocycles. The van der Waals surface area contributed by atoms with Crippen LogP contribution in [0.1, 0.15) is 118 Å². The van der Waals surface area contributed by atoms with Gasteiger partial charge in [-0.05, 0) is 31.1 Å². The monoisotopic (exact) mass is 372 g/mol. The molecule has 0 aliphatic rings. The molecule has 3 heteroatoms. The van der Waals surface area contributed by atoms with Gasteiger partial charge in [-0.25, -0.2) is 9.18 Å². The van der Waals surface area contributed by atoms with E-state index in [1.165, 1.54) is 57.8 Å². The molecule has 0 N–H and O–H groups in total. The first-order valence-electron chi connectivity index (χ1n) is 11.3. The summed E-state index contributed by atoms with van der Waals surface area (Å²) in [5.41, 5.74) is 0. The van der Waals surface area contributed by atoms with Crippen LogP contribution in [0.3, 0.4) is 0 Å². The fourth-order valence-electron chi connectivity index (χ4n) is 3.39. The van der Waals surface area contributed by atoms with Crippen molar-refractivity contribution < 1.29 is 13.9 Å². The summed E-state index contributed by atoms with van der Waals surface area (Å²) < 4.78 is 19.2. The van der Waals surface area contributed by atoms with Crippen molar-refractivity contribution >= 4 is 5.97 Å². The van der Waals surface area contributed by atoms with Gasteiger partial charge in [-0.2, -0.15) is 0 Å². The van der Waals surface area contributed by atoms with Crippen LogP contribution in [0, 0.1) is 11.8 Å². The van der Waals surface area contributed by atoms with E-state index >= 15 is 0 Å². The van der Waals surface area contributed by atoms with Crippen molar-refractivity contribution in [1.82, 2.24) is 0 Å². The molecule has 0 aromatic heterocycles. The van der Waals surface area contributed by atoms with Crippen molar-refractivity contribution in [3.63, 3.8) is 0 Å².